The maximum atomic E-state index is 14.5. The zero-order valence-corrected chi connectivity index (χ0v) is 20.6. The van der Waals surface area contributed by atoms with Gasteiger partial charge >= 0.3 is 0 Å². The Balaban J connectivity index is 1.86. The first-order valence-corrected chi connectivity index (χ1v) is 11.8. The molecule has 6 nitrogen and oxygen atoms in total. The summed E-state index contributed by atoms with van der Waals surface area (Å²) in [5, 5.41) is 20.8. The van der Waals surface area contributed by atoms with Crippen molar-refractivity contribution < 1.29 is 18.7 Å². The van der Waals surface area contributed by atoms with E-state index < -0.39 is 28.5 Å². The average molecular weight is 481 g/mol. The fourth-order valence-electron chi connectivity index (χ4n) is 5.33. The molecule has 3 aromatic rings. The minimum Gasteiger partial charge on any atom is -0.394 e. The van der Waals surface area contributed by atoms with Crippen LogP contribution in [0.1, 0.15) is 74.4 Å². The highest BCUT2D eigenvalue weighted by Gasteiger charge is 2.57. The minimum absolute atomic E-state index is 0.0141. The number of pyridine rings is 1. The van der Waals surface area contributed by atoms with Crippen LogP contribution >= 0.6 is 0 Å². The van der Waals surface area contributed by atoms with Crippen molar-refractivity contribution in [2.75, 3.05) is 6.61 Å². The molecular formula is C27H30F2N4O2. The Kier molecular flexibility index (Phi) is 6.44. The number of carbonyl (C=O) groups excluding carboxylic acids is 1. The number of carbonyl (C=O) groups is 1. The largest absolute Gasteiger partial charge is 0.394 e. The molecule has 2 aromatic heterocycles. The van der Waals surface area contributed by atoms with E-state index in [0.717, 1.165) is 12.0 Å². The molecule has 2 unspecified atom stereocenters. The molecule has 184 valence electrons. The van der Waals surface area contributed by atoms with E-state index in [1.807, 2.05) is 13.0 Å². The molecule has 3 atom stereocenters. The van der Waals surface area contributed by atoms with Crippen LogP contribution in [0.4, 0.5) is 8.78 Å². The molecule has 1 aliphatic carbocycles. The summed E-state index contributed by atoms with van der Waals surface area (Å²) in [5.41, 5.74) is 1.28. The first-order valence-electron chi connectivity index (χ1n) is 11.8. The maximum Gasteiger partial charge on any atom is 0.270 e. The molecule has 0 aliphatic heterocycles. The number of nitrogens with zero attached hydrogens (tertiary/aromatic N) is 3. The fourth-order valence-corrected chi connectivity index (χ4v) is 5.33. The Hall–Kier alpha value is -3.26. The molecule has 0 radical (unpaired) electrons. The third kappa shape index (κ3) is 3.89. The number of rotatable bonds is 6. The highest BCUT2D eigenvalue weighted by molar-refractivity contribution is 5.92. The van der Waals surface area contributed by atoms with Crippen molar-refractivity contribution in [2.45, 2.75) is 58.4 Å². The summed E-state index contributed by atoms with van der Waals surface area (Å²) in [6.07, 6.45) is 0.772. The monoisotopic (exact) mass is 480 g/mol. The molecule has 35 heavy (non-hydrogen) atoms. The molecule has 8 heteroatoms. The number of amides is 1. The van der Waals surface area contributed by atoms with Gasteiger partial charge < -0.3 is 10.4 Å². The lowest BCUT2D eigenvalue weighted by Crippen LogP contribution is -2.41. The number of aromatic nitrogens is 3. The van der Waals surface area contributed by atoms with E-state index in [1.54, 1.807) is 25.1 Å². The minimum atomic E-state index is -0.721. The van der Waals surface area contributed by atoms with Gasteiger partial charge in [-0.3, -0.25) is 4.79 Å². The fraction of sp³-hybridized carbons (Fsp3) is 0.407. The van der Waals surface area contributed by atoms with Gasteiger partial charge in [-0.2, -0.15) is 5.10 Å². The molecule has 0 bridgehead atoms. The van der Waals surface area contributed by atoms with Crippen molar-refractivity contribution in [3.05, 3.63) is 76.7 Å². The van der Waals surface area contributed by atoms with Gasteiger partial charge in [0.1, 0.15) is 17.3 Å². The normalized spacial score (nSPS) is 21.4. The van der Waals surface area contributed by atoms with Crippen LogP contribution in [-0.2, 0) is 5.41 Å². The van der Waals surface area contributed by atoms with Gasteiger partial charge in [-0.15, -0.1) is 5.10 Å². The summed E-state index contributed by atoms with van der Waals surface area (Å²) in [5.74, 6) is -1.74. The Labute approximate surface area is 203 Å². The van der Waals surface area contributed by atoms with E-state index >= 15 is 0 Å². The van der Waals surface area contributed by atoms with Crippen molar-refractivity contribution in [3.8, 4) is 11.3 Å². The van der Waals surface area contributed by atoms with E-state index in [-0.39, 0.29) is 35.4 Å². The van der Waals surface area contributed by atoms with Gasteiger partial charge in [-0.1, -0.05) is 32.9 Å². The summed E-state index contributed by atoms with van der Waals surface area (Å²) in [6, 6.07) is 10.3. The van der Waals surface area contributed by atoms with Crippen LogP contribution in [0.15, 0.2) is 42.5 Å². The molecule has 0 saturated carbocycles. The lowest BCUT2D eigenvalue weighted by atomic mass is 9.62. The molecule has 0 fully saturated rings. The summed E-state index contributed by atoms with van der Waals surface area (Å²) in [4.78, 5) is 17.4. The molecule has 0 saturated heterocycles. The Morgan fingerprint density at radius 3 is 2.40 bits per heavy atom. The highest BCUT2D eigenvalue weighted by Crippen LogP contribution is 2.61. The van der Waals surface area contributed by atoms with E-state index in [2.05, 4.69) is 36.3 Å². The molecule has 0 spiro atoms. The summed E-state index contributed by atoms with van der Waals surface area (Å²) < 4.78 is 29.0. The van der Waals surface area contributed by atoms with Gasteiger partial charge in [0.2, 0.25) is 0 Å². The third-order valence-corrected chi connectivity index (χ3v) is 7.60. The zero-order valence-electron chi connectivity index (χ0n) is 20.6. The van der Waals surface area contributed by atoms with Gasteiger partial charge in [0, 0.05) is 6.04 Å². The van der Waals surface area contributed by atoms with Crippen LogP contribution < -0.4 is 5.32 Å². The summed E-state index contributed by atoms with van der Waals surface area (Å²) in [7, 11) is 0. The van der Waals surface area contributed by atoms with E-state index in [0.29, 0.717) is 11.4 Å². The second kappa shape index (κ2) is 9.07. The molecule has 1 aliphatic rings. The van der Waals surface area contributed by atoms with E-state index in [1.165, 1.54) is 18.2 Å². The standard InChI is InChI=1S/C27H30F2N4O2/c1-6-17-16-13-21(23-18(28)9-7-10-19(23)29)32-33-24(16)27(5,26(17,3)4)22-12-8-11-20(31-22)25(35)30-15(2)14-34/h7-13,15,17,34H,6,14H2,1-5H3,(H,30,35)/t15-,17?,27?/m0/s1. The van der Waals surface area contributed by atoms with Crippen LogP contribution in [0.25, 0.3) is 11.3 Å². The number of nitrogens with one attached hydrogen (secondary N) is 1. The van der Waals surface area contributed by atoms with Crippen molar-refractivity contribution in [3.63, 3.8) is 0 Å². The maximum absolute atomic E-state index is 14.5. The zero-order chi connectivity index (χ0) is 25.5. The predicted octanol–water partition coefficient (Wildman–Crippen LogP) is 4.77. The first-order chi connectivity index (χ1) is 16.6. The number of halogens is 2. The average Bonchev–Trinajstić information content (AvgIpc) is 3.01. The number of hydrogen-bond acceptors (Lipinski definition) is 5. The van der Waals surface area contributed by atoms with Gasteiger partial charge in [-0.25, -0.2) is 13.8 Å². The number of aliphatic hydroxyl groups excluding tert-OH is 1. The van der Waals surface area contributed by atoms with Crippen molar-refractivity contribution in [2.24, 2.45) is 5.41 Å². The van der Waals surface area contributed by atoms with Crippen LogP contribution in [0.3, 0.4) is 0 Å². The number of fused-ring (bicyclic) bond motifs is 1. The van der Waals surface area contributed by atoms with E-state index in [9.17, 15) is 18.7 Å². The molecule has 2 N–H and O–H groups in total. The van der Waals surface area contributed by atoms with Gasteiger partial charge in [0.15, 0.2) is 0 Å². The first kappa shape index (κ1) is 24.9. The van der Waals surface area contributed by atoms with Crippen molar-refractivity contribution in [1.29, 1.82) is 0 Å². The van der Waals surface area contributed by atoms with Crippen LogP contribution in [0.2, 0.25) is 0 Å². The SMILES string of the molecule is CCC1c2cc(-c3c(F)cccc3F)nnc2C(C)(c2cccc(C(=O)N[C@@H](C)CO)n2)C1(C)C. The van der Waals surface area contributed by atoms with Crippen LogP contribution in [-0.4, -0.2) is 38.8 Å². The van der Waals surface area contributed by atoms with Crippen LogP contribution in [0, 0.1) is 17.0 Å². The van der Waals surface area contributed by atoms with Gasteiger partial charge in [-0.05, 0) is 67.5 Å². The summed E-state index contributed by atoms with van der Waals surface area (Å²) >= 11 is 0. The number of aliphatic hydroxyl groups is 1. The van der Waals surface area contributed by atoms with Gasteiger partial charge in [0.05, 0.1) is 34.7 Å². The molecule has 1 amide bonds. The van der Waals surface area contributed by atoms with Crippen molar-refractivity contribution >= 4 is 5.91 Å². The van der Waals surface area contributed by atoms with Crippen LogP contribution in [0.5, 0.6) is 0 Å². The Morgan fingerprint density at radius 1 is 1.11 bits per heavy atom. The lowest BCUT2D eigenvalue weighted by molar-refractivity contribution is 0.0916. The topological polar surface area (TPSA) is 88.0 Å². The number of hydrogen-bond donors (Lipinski definition) is 2. The van der Waals surface area contributed by atoms with Crippen molar-refractivity contribution in [1.82, 2.24) is 20.5 Å². The third-order valence-electron chi connectivity index (χ3n) is 7.60. The molecule has 2 heterocycles. The molecule has 1 aromatic carbocycles. The molecule has 4 rings (SSSR count). The highest BCUT2D eigenvalue weighted by atomic mass is 19.1. The Bertz CT molecular complexity index is 1260. The second-order valence-electron chi connectivity index (χ2n) is 9.90. The summed E-state index contributed by atoms with van der Waals surface area (Å²) in [6.45, 7) is 9.86. The van der Waals surface area contributed by atoms with E-state index in [4.69, 9.17) is 4.98 Å². The lowest BCUT2D eigenvalue weighted by Gasteiger charge is -2.41. The predicted molar refractivity (Wildman–Crippen MR) is 129 cm³/mol. The number of benzene rings is 1. The molecular weight excluding hydrogens is 450 g/mol. The Morgan fingerprint density at radius 2 is 1.77 bits per heavy atom. The second-order valence-corrected chi connectivity index (χ2v) is 9.90. The smallest absolute Gasteiger partial charge is 0.270 e. The van der Waals surface area contributed by atoms with Gasteiger partial charge in [0.25, 0.3) is 5.91 Å². The quantitative estimate of drug-likeness (QED) is 0.531.